The molecule has 0 aliphatic heterocycles. The van der Waals surface area contributed by atoms with Crippen LogP contribution in [-0.4, -0.2) is 28.9 Å². The topological polar surface area (TPSA) is 95.5 Å². The van der Waals surface area contributed by atoms with E-state index < -0.39 is 23.8 Å². The number of carboxylic acids is 1. The molecule has 0 aliphatic carbocycles. The summed E-state index contributed by atoms with van der Waals surface area (Å²) in [5.41, 5.74) is 1.81. The van der Waals surface area contributed by atoms with Crippen LogP contribution in [-0.2, 0) is 16.0 Å². The molecule has 0 aromatic heterocycles. The Morgan fingerprint density at radius 1 is 0.926 bits per heavy atom. The van der Waals surface area contributed by atoms with Crippen molar-refractivity contribution in [2.75, 3.05) is 0 Å². The Morgan fingerprint density at radius 3 is 2.00 bits per heavy atom. The number of rotatable bonds is 7. The number of nitrogens with one attached hydrogen (secondary N) is 2. The van der Waals surface area contributed by atoms with Gasteiger partial charge < -0.3 is 15.7 Å². The SMILES string of the molecule is CC(C)=C(NC(=O)c1ccccc1)C(=O)N[C@@H](Cc1ccccc1)C(=O)O. The van der Waals surface area contributed by atoms with Gasteiger partial charge in [-0.25, -0.2) is 4.79 Å². The summed E-state index contributed by atoms with van der Waals surface area (Å²) in [4.78, 5) is 36.5. The van der Waals surface area contributed by atoms with Crippen LogP contribution in [0.3, 0.4) is 0 Å². The average molecular weight is 366 g/mol. The Kier molecular flexibility index (Phi) is 6.88. The first kappa shape index (κ1) is 19.9. The number of carbonyl (C=O) groups is 3. The van der Waals surface area contributed by atoms with Crippen LogP contribution in [0, 0.1) is 0 Å². The molecule has 2 rings (SSSR count). The molecular weight excluding hydrogens is 344 g/mol. The van der Waals surface area contributed by atoms with Gasteiger partial charge >= 0.3 is 5.97 Å². The fourth-order valence-corrected chi connectivity index (χ4v) is 2.46. The summed E-state index contributed by atoms with van der Waals surface area (Å²) < 4.78 is 0. The number of benzene rings is 2. The van der Waals surface area contributed by atoms with Gasteiger partial charge in [0.05, 0.1) is 0 Å². The lowest BCUT2D eigenvalue weighted by molar-refractivity contribution is -0.141. The maximum atomic E-state index is 12.6. The van der Waals surface area contributed by atoms with Gasteiger partial charge in [0.2, 0.25) is 0 Å². The molecule has 1 atom stereocenters. The minimum absolute atomic E-state index is 0.0446. The first-order valence-electron chi connectivity index (χ1n) is 8.50. The van der Waals surface area contributed by atoms with E-state index >= 15 is 0 Å². The van der Waals surface area contributed by atoms with Gasteiger partial charge in [0.15, 0.2) is 0 Å². The van der Waals surface area contributed by atoms with Crippen molar-refractivity contribution in [3.8, 4) is 0 Å². The zero-order chi connectivity index (χ0) is 19.8. The van der Waals surface area contributed by atoms with E-state index in [2.05, 4.69) is 10.6 Å². The largest absolute Gasteiger partial charge is 0.480 e. The second-order valence-electron chi connectivity index (χ2n) is 6.25. The molecule has 3 N–H and O–H groups in total. The fourth-order valence-electron chi connectivity index (χ4n) is 2.46. The first-order valence-corrected chi connectivity index (χ1v) is 8.50. The van der Waals surface area contributed by atoms with E-state index in [1.165, 1.54) is 0 Å². The van der Waals surface area contributed by atoms with Gasteiger partial charge in [-0.15, -0.1) is 0 Å². The van der Waals surface area contributed by atoms with Crippen molar-refractivity contribution >= 4 is 17.8 Å². The summed E-state index contributed by atoms with van der Waals surface area (Å²) in [7, 11) is 0. The second kappa shape index (κ2) is 9.33. The van der Waals surface area contributed by atoms with Gasteiger partial charge in [0.25, 0.3) is 11.8 Å². The molecule has 0 fully saturated rings. The van der Waals surface area contributed by atoms with Gasteiger partial charge in [0, 0.05) is 12.0 Å². The molecule has 2 aromatic carbocycles. The maximum Gasteiger partial charge on any atom is 0.326 e. The number of carboxylic acid groups (broad SMARTS) is 1. The second-order valence-corrected chi connectivity index (χ2v) is 6.25. The van der Waals surface area contributed by atoms with E-state index in [-0.39, 0.29) is 12.1 Å². The molecular formula is C21H22N2O4. The number of hydrogen-bond donors (Lipinski definition) is 3. The molecule has 0 saturated heterocycles. The molecule has 0 radical (unpaired) electrons. The molecule has 140 valence electrons. The van der Waals surface area contributed by atoms with Crippen LogP contribution < -0.4 is 10.6 Å². The Labute approximate surface area is 157 Å². The molecule has 0 saturated carbocycles. The number of hydrogen-bond acceptors (Lipinski definition) is 3. The van der Waals surface area contributed by atoms with Crippen LogP contribution in [0.4, 0.5) is 0 Å². The molecule has 2 aromatic rings. The third-order valence-electron chi connectivity index (χ3n) is 3.89. The average Bonchev–Trinajstić information content (AvgIpc) is 2.66. The highest BCUT2D eigenvalue weighted by molar-refractivity contribution is 6.04. The van der Waals surface area contributed by atoms with Crippen LogP contribution >= 0.6 is 0 Å². The highest BCUT2D eigenvalue weighted by Gasteiger charge is 2.24. The number of aliphatic carboxylic acids is 1. The highest BCUT2D eigenvalue weighted by Crippen LogP contribution is 2.07. The van der Waals surface area contributed by atoms with Gasteiger partial charge in [-0.2, -0.15) is 0 Å². The van der Waals surface area contributed by atoms with Crippen molar-refractivity contribution in [3.63, 3.8) is 0 Å². The third-order valence-corrected chi connectivity index (χ3v) is 3.89. The molecule has 2 amide bonds. The predicted octanol–water partition coefficient (Wildman–Crippen LogP) is 2.52. The summed E-state index contributed by atoms with van der Waals surface area (Å²) in [6, 6.07) is 16.4. The van der Waals surface area contributed by atoms with Crippen molar-refractivity contribution in [2.24, 2.45) is 0 Å². The summed E-state index contributed by atoms with van der Waals surface area (Å²) >= 11 is 0. The zero-order valence-corrected chi connectivity index (χ0v) is 15.2. The van der Waals surface area contributed by atoms with Crippen molar-refractivity contribution in [2.45, 2.75) is 26.3 Å². The maximum absolute atomic E-state index is 12.6. The van der Waals surface area contributed by atoms with E-state index in [9.17, 15) is 19.5 Å². The molecule has 0 aliphatic rings. The lowest BCUT2D eigenvalue weighted by Crippen LogP contribution is -2.45. The lowest BCUT2D eigenvalue weighted by atomic mass is 10.1. The van der Waals surface area contributed by atoms with Crippen molar-refractivity contribution in [3.05, 3.63) is 83.1 Å². The smallest absolute Gasteiger partial charge is 0.326 e. The van der Waals surface area contributed by atoms with Gasteiger partial charge in [-0.05, 0) is 37.1 Å². The van der Waals surface area contributed by atoms with Crippen LogP contribution in [0.2, 0.25) is 0 Å². The highest BCUT2D eigenvalue weighted by atomic mass is 16.4. The molecule has 0 unspecified atom stereocenters. The number of allylic oxidation sites excluding steroid dienone is 1. The normalized spacial score (nSPS) is 11.2. The standard InChI is InChI=1S/C21H22N2O4/c1-14(2)18(23-19(24)16-11-7-4-8-12-16)20(25)22-17(21(26)27)13-15-9-5-3-6-10-15/h3-12,17H,13H2,1-2H3,(H,22,25)(H,23,24)(H,26,27)/t17-/m0/s1. The molecule has 0 spiro atoms. The van der Waals surface area contributed by atoms with Gasteiger partial charge in [0.1, 0.15) is 11.7 Å². The molecule has 6 nitrogen and oxygen atoms in total. The van der Waals surface area contributed by atoms with E-state index in [1.54, 1.807) is 68.4 Å². The Hall–Kier alpha value is -3.41. The van der Waals surface area contributed by atoms with Crippen molar-refractivity contribution in [1.29, 1.82) is 0 Å². The minimum atomic E-state index is -1.14. The summed E-state index contributed by atoms with van der Waals surface area (Å²) in [6.07, 6.45) is 0.143. The van der Waals surface area contributed by atoms with Crippen LogP contribution in [0.15, 0.2) is 71.9 Å². The number of carbonyl (C=O) groups excluding carboxylic acids is 2. The monoisotopic (exact) mass is 366 g/mol. The lowest BCUT2D eigenvalue weighted by Gasteiger charge is -2.17. The third kappa shape index (κ3) is 5.81. The van der Waals surface area contributed by atoms with Crippen LogP contribution in [0.1, 0.15) is 29.8 Å². The Balaban J connectivity index is 2.12. The first-order chi connectivity index (χ1) is 12.9. The van der Waals surface area contributed by atoms with E-state index in [1.807, 2.05) is 6.07 Å². The van der Waals surface area contributed by atoms with Gasteiger partial charge in [-0.3, -0.25) is 9.59 Å². The fraction of sp³-hybridized carbons (Fsp3) is 0.190. The van der Waals surface area contributed by atoms with Gasteiger partial charge in [-0.1, -0.05) is 48.5 Å². The minimum Gasteiger partial charge on any atom is -0.480 e. The molecule has 0 heterocycles. The van der Waals surface area contributed by atoms with Crippen molar-refractivity contribution in [1.82, 2.24) is 10.6 Å². The molecule has 27 heavy (non-hydrogen) atoms. The number of amides is 2. The quantitative estimate of drug-likeness (QED) is 0.656. The zero-order valence-electron chi connectivity index (χ0n) is 15.2. The summed E-state index contributed by atoms with van der Waals surface area (Å²) in [5, 5.41) is 14.5. The van der Waals surface area contributed by atoms with E-state index in [4.69, 9.17) is 0 Å². The molecule has 0 bridgehead atoms. The Morgan fingerprint density at radius 2 is 1.48 bits per heavy atom. The van der Waals surface area contributed by atoms with E-state index in [0.717, 1.165) is 5.56 Å². The van der Waals surface area contributed by atoms with Crippen molar-refractivity contribution < 1.29 is 19.5 Å². The molecule has 6 heteroatoms. The summed E-state index contributed by atoms with van der Waals surface area (Å²) in [5.74, 6) is -2.21. The predicted molar refractivity (Wildman–Crippen MR) is 102 cm³/mol. The Bertz CT molecular complexity index is 841. The van der Waals surface area contributed by atoms with Crippen LogP contribution in [0.5, 0.6) is 0 Å². The summed E-state index contributed by atoms with van der Waals surface area (Å²) in [6.45, 7) is 3.35. The van der Waals surface area contributed by atoms with Crippen LogP contribution in [0.25, 0.3) is 0 Å². The van der Waals surface area contributed by atoms with E-state index in [0.29, 0.717) is 11.1 Å².